The average molecular weight is 367 g/mol. The second-order valence-electron chi connectivity index (χ2n) is 6.63. The Morgan fingerprint density at radius 3 is 2.15 bits per heavy atom. The summed E-state index contributed by atoms with van der Waals surface area (Å²) in [6.07, 6.45) is 2.90. The largest absolute Gasteiger partial charge is 0.399 e. The summed E-state index contributed by atoms with van der Waals surface area (Å²) in [7, 11) is 0. The Morgan fingerprint density at radius 2 is 1.48 bits per heavy atom. The molecule has 7 nitrogen and oxygen atoms in total. The van der Waals surface area contributed by atoms with Crippen LogP contribution in [0.3, 0.4) is 0 Å². The number of carbonyl (C=O) groups excluding carboxylic acids is 2. The molecule has 3 amide bonds. The lowest BCUT2D eigenvalue weighted by Gasteiger charge is -2.14. The average Bonchev–Trinajstić information content (AvgIpc) is 3.14. The molecule has 3 rings (SSSR count). The molecule has 1 saturated heterocycles. The van der Waals surface area contributed by atoms with Crippen LogP contribution in [-0.4, -0.2) is 36.5 Å². The predicted octanol–water partition coefficient (Wildman–Crippen LogP) is 3.34. The molecule has 142 valence electrons. The third-order valence-electron chi connectivity index (χ3n) is 4.40. The van der Waals surface area contributed by atoms with Gasteiger partial charge in [0.05, 0.1) is 0 Å². The van der Waals surface area contributed by atoms with Crippen molar-refractivity contribution < 1.29 is 9.59 Å². The van der Waals surface area contributed by atoms with E-state index < -0.39 is 0 Å². The molecule has 2 aromatic rings. The van der Waals surface area contributed by atoms with Crippen molar-refractivity contribution >= 4 is 34.7 Å². The molecule has 2 aromatic carbocycles. The zero-order chi connectivity index (χ0) is 19.1. The predicted molar refractivity (Wildman–Crippen MR) is 109 cm³/mol. The number of nitrogens with zero attached hydrogens (tertiary/aromatic N) is 1. The number of nitrogen functional groups attached to an aromatic ring is 1. The molecule has 0 radical (unpaired) electrons. The van der Waals surface area contributed by atoms with Crippen LogP contribution < -0.4 is 21.7 Å². The summed E-state index contributed by atoms with van der Waals surface area (Å²) in [6, 6.07) is 13.6. The fourth-order valence-electron chi connectivity index (χ4n) is 3.07. The summed E-state index contributed by atoms with van der Waals surface area (Å²) >= 11 is 0. The molecule has 7 heteroatoms. The highest BCUT2D eigenvalue weighted by molar-refractivity contribution is 6.00. The highest BCUT2D eigenvalue weighted by atomic mass is 16.2. The van der Waals surface area contributed by atoms with Crippen LogP contribution in [0, 0.1) is 0 Å². The monoisotopic (exact) mass is 367 g/mol. The number of amides is 3. The lowest BCUT2D eigenvalue weighted by molar-refractivity contribution is -0.116. The van der Waals surface area contributed by atoms with E-state index in [0.29, 0.717) is 29.2 Å². The van der Waals surface area contributed by atoms with Gasteiger partial charge in [-0.05, 0) is 62.3 Å². The van der Waals surface area contributed by atoms with E-state index in [2.05, 4.69) is 20.9 Å². The fraction of sp³-hybridized carbons (Fsp3) is 0.300. The molecule has 27 heavy (non-hydrogen) atoms. The molecule has 0 saturated carbocycles. The zero-order valence-corrected chi connectivity index (χ0v) is 15.2. The molecule has 5 N–H and O–H groups in total. The maximum Gasteiger partial charge on any atom is 0.323 e. The molecule has 0 aliphatic carbocycles. The van der Waals surface area contributed by atoms with Crippen molar-refractivity contribution in [2.24, 2.45) is 0 Å². The van der Waals surface area contributed by atoms with Gasteiger partial charge in [-0.15, -0.1) is 0 Å². The number of urea groups is 1. The molecule has 1 fully saturated rings. The molecule has 1 aliphatic heterocycles. The van der Waals surface area contributed by atoms with E-state index in [1.54, 1.807) is 48.5 Å². The zero-order valence-electron chi connectivity index (χ0n) is 15.2. The van der Waals surface area contributed by atoms with Gasteiger partial charge in [-0.25, -0.2) is 4.79 Å². The van der Waals surface area contributed by atoms with Crippen molar-refractivity contribution in [3.05, 3.63) is 48.5 Å². The van der Waals surface area contributed by atoms with Crippen LogP contribution in [0.4, 0.5) is 27.5 Å². The molecular weight excluding hydrogens is 342 g/mol. The van der Waals surface area contributed by atoms with E-state index in [-0.39, 0.29) is 11.9 Å². The van der Waals surface area contributed by atoms with E-state index >= 15 is 0 Å². The topological polar surface area (TPSA) is 99.5 Å². The second-order valence-corrected chi connectivity index (χ2v) is 6.63. The molecule has 1 heterocycles. The molecular formula is C20H25N5O2. The van der Waals surface area contributed by atoms with Crippen molar-refractivity contribution in [2.45, 2.75) is 19.3 Å². The van der Waals surface area contributed by atoms with Crippen LogP contribution in [0.5, 0.6) is 0 Å². The van der Waals surface area contributed by atoms with E-state index in [0.717, 1.165) is 19.6 Å². The number of nitrogens with one attached hydrogen (secondary N) is 3. The van der Waals surface area contributed by atoms with Gasteiger partial charge < -0.3 is 26.6 Å². The Morgan fingerprint density at radius 1 is 0.889 bits per heavy atom. The fourth-order valence-corrected chi connectivity index (χ4v) is 3.07. The van der Waals surface area contributed by atoms with Gasteiger partial charge in [0.1, 0.15) is 0 Å². The number of benzene rings is 2. The summed E-state index contributed by atoms with van der Waals surface area (Å²) in [5.41, 5.74) is 8.14. The van der Waals surface area contributed by atoms with Crippen molar-refractivity contribution in [3.63, 3.8) is 0 Å². The van der Waals surface area contributed by atoms with E-state index in [1.165, 1.54) is 12.8 Å². The molecule has 0 bridgehead atoms. The number of anilines is 4. The van der Waals surface area contributed by atoms with Crippen LogP contribution in [-0.2, 0) is 4.79 Å². The molecule has 0 atom stereocenters. The smallest absolute Gasteiger partial charge is 0.323 e. The van der Waals surface area contributed by atoms with Crippen molar-refractivity contribution in [1.82, 2.24) is 4.90 Å². The van der Waals surface area contributed by atoms with E-state index in [1.807, 2.05) is 0 Å². The van der Waals surface area contributed by atoms with Crippen molar-refractivity contribution in [2.75, 3.05) is 41.3 Å². The van der Waals surface area contributed by atoms with Gasteiger partial charge in [0.25, 0.3) is 0 Å². The highest BCUT2D eigenvalue weighted by Gasteiger charge is 2.13. The maximum atomic E-state index is 12.1. The van der Waals surface area contributed by atoms with E-state index in [4.69, 9.17) is 5.73 Å². The molecule has 0 spiro atoms. The normalized spacial score (nSPS) is 13.9. The molecule has 0 aromatic heterocycles. The number of hydrogen-bond donors (Lipinski definition) is 4. The Hall–Kier alpha value is -3.06. The number of likely N-dealkylation sites (tertiary alicyclic amines) is 1. The van der Waals surface area contributed by atoms with Crippen LogP contribution in [0.2, 0.25) is 0 Å². The van der Waals surface area contributed by atoms with Gasteiger partial charge >= 0.3 is 6.03 Å². The third kappa shape index (κ3) is 6.00. The standard InChI is InChI=1S/C20H25N5O2/c21-15-5-3-6-16(13-15)23-20(27)24-18-8-4-7-17(14-18)22-19(26)9-12-25-10-1-2-11-25/h3-8,13-14H,1-2,9-12,21H2,(H,22,26)(H2,23,24,27). The first-order valence-electron chi connectivity index (χ1n) is 9.14. The summed E-state index contributed by atoms with van der Waals surface area (Å²) in [5.74, 6) is -0.0248. The van der Waals surface area contributed by atoms with Gasteiger partial charge in [-0.3, -0.25) is 4.79 Å². The van der Waals surface area contributed by atoms with Gasteiger partial charge in [0, 0.05) is 35.7 Å². The van der Waals surface area contributed by atoms with Gasteiger partial charge in [-0.2, -0.15) is 0 Å². The Labute approximate surface area is 158 Å². The van der Waals surface area contributed by atoms with Crippen LogP contribution in [0.25, 0.3) is 0 Å². The quantitative estimate of drug-likeness (QED) is 0.588. The second kappa shape index (κ2) is 9.05. The first-order valence-corrected chi connectivity index (χ1v) is 9.14. The van der Waals surface area contributed by atoms with E-state index in [9.17, 15) is 9.59 Å². The minimum Gasteiger partial charge on any atom is -0.399 e. The van der Waals surface area contributed by atoms with Crippen LogP contribution in [0.1, 0.15) is 19.3 Å². The lowest BCUT2D eigenvalue weighted by Crippen LogP contribution is -2.25. The third-order valence-corrected chi connectivity index (χ3v) is 4.40. The Balaban J connectivity index is 1.50. The minimum absolute atomic E-state index is 0.0248. The van der Waals surface area contributed by atoms with Gasteiger partial charge in [0.2, 0.25) is 5.91 Å². The summed E-state index contributed by atoms with van der Waals surface area (Å²) in [5, 5.41) is 8.35. The van der Waals surface area contributed by atoms with Gasteiger partial charge in [-0.1, -0.05) is 12.1 Å². The number of nitrogens with two attached hydrogens (primary N) is 1. The number of hydrogen-bond acceptors (Lipinski definition) is 4. The number of rotatable bonds is 6. The Kier molecular flexibility index (Phi) is 6.27. The highest BCUT2D eigenvalue weighted by Crippen LogP contribution is 2.17. The molecule has 1 aliphatic rings. The molecule has 0 unspecified atom stereocenters. The first-order chi connectivity index (χ1) is 13.1. The van der Waals surface area contributed by atoms with Gasteiger partial charge in [0.15, 0.2) is 0 Å². The summed E-state index contributed by atoms with van der Waals surface area (Å²) in [6.45, 7) is 2.94. The van der Waals surface area contributed by atoms with Crippen LogP contribution >= 0.6 is 0 Å². The van der Waals surface area contributed by atoms with Crippen molar-refractivity contribution in [1.29, 1.82) is 0 Å². The lowest BCUT2D eigenvalue weighted by atomic mass is 10.2. The summed E-state index contributed by atoms with van der Waals surface area (Å²) in [4.78, 5) is 26.6. The Bertz CT molecular complexity index is 802. The van der Waals surface area contributed by atoms with Crippen LogP contribution in [0.15, 0.2) is 48.5 Å². The minimum atomic E-state index is -0.377. The number of carbonyl (C=O) groups is 2. The summed E-state index contributed by atoms with van der Waals surface area (Å²) < 4.78 is 0. The SMILES string of the molecule is Nc1cccc(NC(=O)Nc2cccc(NC(=O)CCN3CCCC3)c2)c1. The first kappa shape index (κ1) is 18.7. The van der Waals surface area contributed by atoms with Crippen molar-refractivity contribution in [3.8, 4) is 0 Å². The maximum absolute atomic E-state index is 12.1.